The van der Waals surface area contributed by atoms with Crippen molar-refractivity contribution in [3.63, 3.8) is 0 Å². The summed E-state index contributed by atoms with van der Waals surface area (Å²) in [5, 5.41) is 2.98. The quantitative estimate of drug-likeness (QED) is 0.702. The van der Waals surface area contributed by atoms with Gasteiger partial charge >= 0.3 is 0 Å². The molecule has 1 fully saturated rings. The Morgan fingerprint density at radius 1 is 1.38 bits per heavy atom. The molecule has 1 saturated carbocycles. The first-order valence-corrected chi connectivity index (χ1v) is 5.12. The molecule has 0 aliphatic heterocycles. The van der Waals surface area contributed by atoms with Gasteiger partial charge in [0.1, 0.15) is 0 Å². The summed E-state index contributed by atoms with van der Waals surface area (Å²) in [6, 6.07) is 0. The van der Waals surface area contributed by atoms with E-state index in [4.69, 9.17) is 0 Å². The van der Waals surface area contributed by atoms with Crippen LogP contribution >= 0.6 is 0 Å². The minimum absolute atomic E-state index is 0.263. The third-order valence-electron chi connectivity index (χ3n) is 2.58. The van der Waals surface area contributed by atoms with Gasteiger partial charge < -0.3 is 10.2 Å². The Labute approximate surface area is 80.5 Å². The van der Waals surface area contributed by atoms with Gasteiger partial charge in [-0.25, -0.2) is 0 Å². The van der Waals surface area contributed by atoms with Gasteiger partial charge in [-0.1, -0.05) is 12.8 Å². The second-order valence-corrected chi connectivity index (χ2v) is 4.08. The summed E-state index contributed by atoms with van der Waals surface area (Å²) in [5.41, 5.74) is 0. The molecule has 1 amide bonds. The molecule has 0 unspecified atom stereocenters. The van der Waals surface area contributed by atoms with Crippen LogP contribution in [0.1, 0.15) is 25.7 Å². The Bertz CT molecular complexity index is 162. The van der Waals surface area contributed by atoms with E-state index in [0.29, 0.717) is 5.92 Å². The molecule has 0 bridgehead atoms. The van der Waals surface area contributed by atoms with Crippen LogP contribution in [0.4, 0.5) is 0 Å². The normalized spacial score (nSPS) is 18.1. The van der Waals surface area contributed by atoms with E-state index in [0.717, 1.165) is 25.9 Å². The lowest BCUT2D eigenvalue weighted by atomic mass is 10.1. The summed E-state index contributed by atoms with van der Waals surface area (Å²) < 4.78 is 0. The van der Waals surface area contributed by atoms with Crippen molar-refractivity contribution in [2.45, 2.75) is 25.7 Å². The zero-order chi connectivity index (χ0) is 9.68. The number of carbonyl (C=O) groups is 1. The minimum atomic E-state index is 0.263. The van der Waals surface area contributed by atoms with E-state index in [9.17, 15) is 4.79 Å². The maximum Gasteiger partial charge on any atom is 0.223 e. The standard InChI is InChI=1S/C10H20N2O/c1-12(2)8-7-11-10(13)9-5-3-4-6-9/h9H,3-8H2,1-2H3,(H,11,13). The predicted octanol–water partition coefficient (Wildman–Crippen LogP) is 0.854. The monoisotopic (exact) mass is 184 g/mol. The SMILES string of the molecule is CN(C)CCNC(=O)C1CCCC1. The average molecular weight is 184 g/mol. The van der Waals surface area contributed by atoms with Crippen molar-refractivity contribution in [1.82, 2.24) is 10.2 Å². The van der Waals surface area contributed by atoms with Crippen LogP contribution in [0.25, 0.3) is 0 Å². The van der Waals surface area contributed by atoms with E-state index in [1.54, 1.807) is 0 Å². The summed E-state index contributed by atoms with van der Waals surface area (Å²) in [5.74, 6) is 0.571. The molecule has 0 aromatic carbocycles. The van der Waals surface area contributed by atoms with Gasteiger partial charge in [0, 0.05) is 19.0 Å². The fraction of sp³-hybridized carbons (Fsp3) is 0.900. The number of carbonyl (C=O) groups excluding carboxylic acids is 1. The second kappa shape index (κ2) is 5.22. The summed E-state index contributed by atoms with van der Waals surface area (Å²) in [6.45, 7) is 1.71. The molecule has 3 heteroatoms. The van der Waals surface area contributed by atoms with E-state index < -0.39 is 0 Å². The topological polar surface area (TPSA) is 32.3 Å². The fourth-order valence-electron chi connectivity index (χ4n) is 1.74. The highest BCUT2D eigenvalue weighted by Crippen LogP contribution is 2.24. The first-order chi connectivity index (χ1) is 6.20. The summed E-state index contributed by atoms with van der Waals surface area (Å²) in [6.07, 6.45) is 4.64. The molecule has 1 N–H and O–H groups in total. The van der Waals surface area contributed by atoms with Crippen LogP contribution in [0, 0.1) is 5.92 Å². The highest BCUT2D eigenvalue weighted by Gasteiger charge is 2.21. The van der Waals surface area contributed by atoms with Crippen LogP contribution in [0.3, 0.4) is 0 Å². The first kappa shape index (κ1) is 10.5. The number of nitrogens with zero attached hydrogens (tertiary/aromatic N) is 1. The Kier molecular flexibility index (Phi) is 4.22. The molecule has 76 valence electrons. The molecule has 0 saturated heterocycles. The van der Waals surface area contributed by atoms with Crippen LogP contribution in [-0.4, -0.2) is 38.0 Å². The van der Waals surface area contributed by atoms with Gasteiger partial charge in [0.2, 0.25) is 5.91 Å². The number of amides is 1. The third-order valence-corrected chi connectivity index (χ3v) is 2.58. The third kappa shape index (κ3) is 3.77. The van der Waals surface area contributed by atoms with Crippen molar-refractivity contribution in [1.29, 1.82) is 0 Å². The highest BCUT2D eigenvalue weighted by atomic mass is 16.1. The maximum atomic E-state index is 11.5. The van der Waals surface area contributed by atoms with Gasteiger partial charge in [-0.3, -0.25) is 4.79 Å². The number of rotatable bonds is 4. The largest absolute Gasteiger partial charge is 0.355 e. The zero-order valence-electron chi connectivity index (χ0n) is 8.68. The molecule has 0 spiro atoms. The van der Waals surface area contributed by atoms with E-state index in [2.05, 4.69) is 10.2 Å². The number of nitrogens with one attached hydrogen (secondary N) is 1. The second-order valence-electron chi connectivity index (χ2n) is 4.08. The lowest BCUT2D eigenvalue weighted by Crippen LogP contribution is -2.34. The molecule has 0 aromatic rings. The molecule has 1 aliphatic rings. The van der Waals surface area contributed by atoms with Crippen LogP contribution in [-0.2, 0) is 4.79 Å². The van der Waals surface area contributed by atoms with Crippen LogP contribution < -0.4 is 5.32 Å². The molecule has 13 heavy (non-hydrogen) atoms. The fourth-order valence-corrected chi connectivity index (χ4v) is 1.74. The molecular formula is C10H20N2O. The Balaban J connectivity index is 2.10. The smallest absolute Gasteiger partial charge is 0.223 e. The zero-order valence-corrected chi connectivity index (χ0v) is 8.68. The molecule has 1 aliphatic carbocycles. The molecule has 0 aromatic heterocycles. The molecule has 3 nitrogen and oxygen atoms in total. The molecule has 0 radical (unpaired) electrons. The van der Waals surface area contributed by atoms with Gasteiger partial charge in [0.05, 0.1) is 0 Å². The molecule has 0 heterocycles. The van der Waals surface area contributed by atoms with Crippen molar-refractivity contribution >= 4 is 5.91 Å². The molecule has 0 atom stereocenters. The van der Waals surface area contributed by atoms with Crippen molar-refractivity contribution in [3.05, 3.63) is 0 Å². The van der Waals surface area contributed by atoms with Crippen LogP contribution in [0.2, 0.25) is 0 Å². The molecule has 1 rings (SSSR count). The summed E-state index contributed by atoms with van der Waals surface area (Å²) in [4.78, 5) is 13.6. The summed E-state index contributed by atoms with van der Waals surface area (Å²) in [7, 11) is 4.03. The Morgan fingerprint density at radius 2 is 2.00 bits per heavy atom. The van der Waals surface area contributed by atoms with Gasteiger partial charge in [0.25, 0.3) is 0 Å². The number of likely N-dealkylation sites (N-methyl/N-ethyl adjacent to an activating group) is 1. The van der Waals surface area contributed by atoms with E-state index in [1.165, 1.54) is 12.8 Å². The molecular weight excluding hydrogens is 164 g/mol. The summed E-state index contributed by atoms with van der Waals surface area (Å²) >= 11 is 0. The highest BCUT2D eigenvalue weighted by molar-refractivity contribution is 5.78. The Morgan fingerprint density at radius 3 is 2.54 bits per heavy atom. The number of hydrogen-bond donors (Lipinski definition) is 1. The van der Waals surface area contributed by atoms with Crippen LogP contribution in [0.5, 0.6) is 0 Å². The van der Waals surface area contributed by atoms with Gasteiger partial charge in [-0.05, 0) is 26.9 Å². The van der Waals surface area contributed by atoms with Crippen molar-refractivity contribution in [2.24, 2.45) is 5.92 Å². The average Bonchev–Trinajstić information content (AvgIpc) is 2.55. The lowest BCUT2D eigenvalue weighted by Gasteiger charge is -2.13. The minimum Gasteiger partial charge on any atom is -0.355 e. The van der Waals surface area contributed by atoms with Gasteiger partial charge in [-0.2, -0.15) is 0 Å². The van der Waals surface area contributed by atoms with E-state index >= 15 is 0 Å². The van der Waals surface area contributed by atoms with Crippen molar-refractivity contribution in [3.8, 4) is 0 Å². The van der Waals surface area contributed by atoms with Crippen molar-refractivity contribution < 1.29 is 4.79 Å². The van der Waals surface area contributed by atoms with E-state index in [1.807, 2.05) is 14.1 Å². The predicted molar refractivity (Wildman–Crippen MR) is 53.5 cm³/mol. The van der Waals surface area contributed by atoms with Crippen LogP contribution in [0.15, 0.2) is 0 Å². The van der Waals surface area contributed by atoms with Gasteiger partial charge in [-0.15, -0.1) is 0 Å². The first-order valence-electron chi connectivity index (χ1n) is 5.12. The Hall–Kier alpha value is -0.570. The maximum absolute atomic E-state index is 11.5. The lowest BCUT2D eigenvalue weighted by molar-refractivity contribution is -0.124. The van der Waals surface area contributed by atoms with E-state index in [-0.39, 0.29) is 5.91 Å². The van der Waals surface area contributed by atoms with Gasteiger partial charge in [0.15, 0.2) is 0 Å². The number of hydrogen-bond acceptors (Lipinski definition) is 2. The van der Waals surface area contributed by atoms with Crippen molar-refractivity contribution in [2.75, 3.05) is 27.2 Å².